The van der Waals surface area contributed by atoms with Gasteiger partial charge >= 0.3 is 0 Å². The van der Waals surface area contributed by atoms with Crippen LogP contribution in [0, 0.1) is 0 Å². The van der Waals surface area contributed by atoms with Crippen molar-refractivity contribution < 1.29 is 9.47 Å². The second-order valence-electron chi connectivity index (χ2n) is 7.00. The second kappa shape index (κ2) is 9.96. The first kappa shape index (κ1) is 20.7. The molecule has 31 heavy (non-hydrogen) atoms. The Morgan fingerprint density at radius 1 is 0.484 bits per heavy atom. The van der Waals surface area contributed by atoms with Crippen molar-refractivity contribution in [2.45, 2.75) is 10.9 Å². The topological polar surface area (TPSA) is 70.5 Å². The Kier molecular flexibility index (Phi) is 6.65. The van der Waals surface area contributed by atoms with E-state index in [9.17, 15) is 0 Å². The SMILES string of the molecule is Nc1ccc(OC(SC(Oc2ccc(N)cc2)c2ccccc2)c2ccccc2)cc1. The molecule has 4 rings (SSSR count). The maximum absolute atomic E-state index is 6.37. The van der Waals surface area contributed by atoms with E-state index in [1.807, 2.05) is 84.9 Å². The van der Waals surface area contributed by atoms with Crippen LogP contribution < -0.4 is 20.9 Å². The average molecular weight is 429 g/mol. The molecule has 4 nitrogen and oxygen atoms in total. The van der Waals surface area contributed by atoms with Gasteiger partial charge in [0.15, 0.2) is 10.9 Å². The first-order chi connectivity index (χ1) is 15.2. The van der Waals surface area contributed by atoms with E-state index in [-0.39, 0.29) is 10.9 Å². The molecule has 2 unspecified atom stereocenters. The molecule has 0 fully saturated rings. The molecular formula is C26H24N2O2S. The van der Waals surface area contributed by atoms with Crippen LogP contribution in [0.25, 0.3) is 0 Å². The molecule has 0 spiro atoms. The van der Waals surface area contributed by atoms with Gasteiger partial charge in [-0.1, -0.05) is 72.4 Å². The van der Waals surface area contributed by atoms with Crippen LogP contribution in [0.3, 0.4) is 0 Å². The molecule has 0 heterocycles. The van der Waals surface area contributed by atoms with Gasteiger partial charge in [0.05, 0.1) is 0 Å². The molecule has 156 valence electrons. The minimum atomic E-state index is -0.288. The maximum atomic E-state index is 6.37. The van der Waals surface area contributed by atoms with Crippen molar-refractivity contribution in [1.29, 1.82) is 0 Å². The molecule has 4 N–H and O–H groups in total. The van der Waals surface area contributed by atoms with Crippen LogP contribution >= 0.6 is 11.8 Å². The van der Waals surface area contributed by atoms with E-state index in [4.69, 9.17) is 20.9 Å². The highest BCUT2D eigenvalue weighted by Crippen LogP contribution is 2.43. The Balaban J connectivity index is 1.64. The lowest BCUT2D eigenvalue weighted by molar-refractivity contribution is 0.267. The summed E-state index contributed by atoms with van der Waals surface area (Å²) in [6.07, 6.45) is 0. The van der Waals surface area contributed by atoms with Crippen LogP contribution in [0.5, 0.6) is 11.5 Å². The van der Waals surface area contributed by atoms with Gasteiger partial charge < -0.3 is 20.9 Å². The van der Waals surface area contributed by atoms with Crippen molar-refractivity contribution >= 4 is 23.1 Å². The number of hydrogen-bond donors (Lipinski definition) is 2. The molecule has 4 aromatic carbocycles. The molecule has 0 radical (unpaired) electrons. The molecule has 0 amide bonds. The van der Waals surface area contributed by atoms with Gasteiger partial charge in [-0.3, -0.25) is 0 Å². The maximum Gasteiger partial charge on any atom is 0.173 e. The number of anilines is 2. The minimum absolute atomic E-state index is 0.288. The normalized spacial score (nSPS) is 12.6. The zero-order valence-electron chi connectivity index (χ0n) is 16.9. The van der Waals surface area contributed by atoms with Crippen LogP contribution in [0.15, 0.2) is 109 Å². The monoisotopic (exact) mass is 428 g/mol. The van der Waals surface area contributed by atoms with E-state index in [1.165, 1.54) is 0 Å². The van der Waals surface area contributed by atoms with Crippen LogP contribution in [-0.4, -0.2) is 0 Å². The third-order valence-corrected chi connectivity index (χ3v) is 5.87. The van der Waals surface area contributed by atoms with Gasteiger partial charge in [-0.25, -0.2) is 0 Å². The molecule has 4 aromatic rings. The summed E-state index contributed by atoms with van der Waals surface area (Å²) in [6.45, 7) is 0. The summed E-state index contributed by atoms with van der Waals surface area (Å²) in [5, 5.41) is 0. The highest BCUT2D eigenvalue weighted by Gasteiger charge is 2.23. The Morgan fingerprint density at radius 2 is 0.839 bits per heavy atom. The van der Waals surface area contributed by atoms with Gasteiger partial charge in [0.25, 0.3) is 0 Å². The first-order valence-electron chi connectivity index (χ1n) is 9.97. The fourth-order valence-corrected chi connectivity index (χ4v) is 4.21. The summed E-state index contributed by atoms with van der Waals surface area (Å²) < 4.78 is 12.7. The van der Waals surface area contributed by atoms with Gasteiger partial charge in [-0.15, -0.1) is 0 Å². The first-order valence-corrected chi connectivity index (χ1v) is 10.9. The number of benzene rings is 4. The standard InChI is InChI=1S/C26H24N2O2S/c27-21-11-15-23(16-12-21)29-25(19-7-3-1-4-8-19)31-26(20-9-5-2-6-10-20)30-24-17-13-22(28)14-18-24/h1-18,25-26H,27-28H2. The van der Waals surface area contributed by atoms with E-state index in [0.717, 1.165) is 22.6 Å². The summed E-state index contributed by atoms with van der Waals surface area (Å²) in [6, 6.07) is 35.1. The van der Waals surface area contributed by atoms with E-state index in [1.54, 1.807) is 11.8 Å². The number of nitrogens with two attached hydrogens (primary N) is 2. The van der Waals surface area contributed by atoms with Gasteiger partial charge in [0, 0.05) is 22.5 Å². The van der Waals surface area contributed by atoms with Crippen molar-refractivity contribution in [2.24, 2.45) is 0 Å². The summed E-state index contributed by atoms with van der Waals surface area (Å²) in [7, 11) is 0. The lowest BCUT2D eigenvalue weighted by Crippen LogP contribution is -2.11. The predicted octanol–water partition coefficient (Wildman–Crippen LogP) is 6.44. The number of rotatable bonds is 8. The zero-order valence-corrected chi connectivity index (χ0v) is 17.7. The fraction of sp³-hybridized carbons (Fsp3) is 0.0769. The van der Waals surface area contributed by atoms with Crippen LogP contribution in [0.2, 0.25) is 0 Å². The van der Waals surface area contributed by atoms with Crippen molar-refractivity contribution in [3.8, 4) is 11.5 Å². The Labute approximate surface area is 186 Å². The number of ether oxygens (including phenoxy) is 2. The summed E-state index contributed by atoms with van der Waals surface area (Å²) in [4.78, 5) is 0. The molecule has 0 aliphatic rings. The predicted molar refractivity (Wildman–Crippen MR) is 129 cm³/mol. The van der Waals surface area contributed by atoms with E-state index in [2.05, 4.69) is 24.3 Å². The van der Waals surface area contributed by atoms with Gasteiger partial charge in [0.1, 0.15) is 11.5 Å². The van der Waals surface area contributed by atoms with Crippen LogP contribution in [0.4, 0.5) is 11.4 Å². The smallest absolute Gasteiger partial charge is 0.173 e. The largest absolute Gasteiger partial charge is 0.475 e. The van der Waals surface area contributed by atoms with E-state index >= 15 is 0 Å². The quantitative estimate of drug-likeness (QED) is 0.250. The van der Waals surface area contributed by atoms with Crippen LogP contribution in [0.1, 0.15) is 22.0 Å². The van der Waals surface area contributed by atoms with Gasteiger partial charge in [0.2, 0.25) is 0 Å². The zero-order chi connectivity index (χ0) is 21.5. The fourth-order valence-electron chi connectivity index (χ4n) is 3.02. The molecule has 0 bridgehead atoms. The van der Waals surface area contributed by atoms with Crippen molar-refractivity contribution in [1.82, 2.24) is 0 Å². The highest BCUT2D eigenvalue weighted by molar-refractivity contribution is 7.99. The molecule has 0 saturated heterocycles. The number of nitrogen functional groups attached to an aromatic ring is 2. The third-order valence-electron chi connectivity index (χ3n) is 4.64. The van der Waals surface area contributed by atoms with Gasteiger partial charge in [-0.05, 0) is 48.5 Å². The Hall–Kier alpha value is -3.57. The average Bonchev–Trinajstić information content (AvgIpc) is 2.82. The molecule has 5 heteroatoms. The summed E-state index contributed by atoms with van der Waals surface area (Å²) in [5.41, 5.74) is 14.6. The number of thioether (sulfide) groups is 1. The Bertz CT molecular complexity index is 983. The molecule has 0 aromatic heterocycles. The molecule has 2 atom stereocenters. The molecule has 0 aliphatic heterocycles. The summed E-state index contributed by atoms with van der Waals surface area (Å²) in [5.74, 6) is 1.49. The lowest BCUT2D eigenvalue weighted by Gasteiger charge is -2.26. The van der Waals surface area contributed by atoms with E-state index < -0.39 is 0 Å². The van der Waals surface area contributed by atoms with Crippen molar-refractivity contribution in [2.75, 3.05) is 11.5 Å². The highest BCUT2D eigenvalue weighted by atomic mass is 32.2. The summed E-state index contributed by atoms with van der Waals surface area (Å²) >= 11 is 1.59. The Morgan fingerprint density at radius 3 is 1.19 bits per heavy atom. The van der Waals surface area contributed by atoms with Crippen LogP contribution in [-0.2, 0) is 0 Å². The van der Waals surface area contributed by atoms with E-state index in [0.29, 0.717) is 11.4 Å². The lowest BCUT2D eigenvalue weighted by atomic mass is 10.2. The molecule has 0 saturated carbocycles. The molecular weight excluding hydrogens is 404 g/mol. The van der Waals surface area contributed by atoms with Crippen molar-refractivity contribution in [3.63, 3.8) is 0 Å². The minimum Gasteiger partial charge on any atom is -0.475 e. The van der Waals surface area contributed by atoms with Gasteiger partial charge in [-0.2, -0.15) is 0 Å². The third kappa shape index (κ3) is 5.74. The number of hydrogen-bond acceptors (Lipinski definition) is 5. The molecule has 0 aliphatic carbocycles. The van der Waals surface area contributed by atoms with Crippen molar-refractivity contribution in [3.05, 3.63) is 120 Å². The second-order valence-corrected chi connectivity index (χ2v) is 8.12.